The van der Waals surface area contributed by atoms with Gasteiger partial charge in [0, 0.05) is 0 Å². The monoisotopic (exact) mass is 353 g/mol. The lowest BCUT2D eigenvalue weighted by atomic mass is 10.3. The van der Waals surface area contributed by atoms with Crippen molar-refractivity contribution in [2.45, 2.75) is 18.9 Å². The van der Waals surface area contributed by atoms with E-state index in [2.05, 4.69) is 10.3 Å². The summed E-state index contributed by atoms with van der Waals surface area (Å²) in [6.07, 6.45) is -3.85. The van der Waals surface area contributed by atoms with Crippen molar-refractivity contribution in [1.29, 1.82) is 0 Å². The van der Waals surface area contributed by atoms with Crippen molar-refractivity contribution in [2.24, 2.45) is 0 Å². The summed E-state index contributed by atoms with van der Waals surface area (Å²) in [4.78, 5) is 10.5. The molecule has 1 aromatic rings. The molecule has 90 valence electrons. The summed E-state index contributed by atoms with van der Waals surface area (Å²) in [5, 5.41) is 14.7. The molecule has 1 aromatic heterocycles. The van der Waals surface area contributed by atoms with Crippen LogP contribution in [0.3, 0.4) is 0 Å². The summed E-state index contributed by atoms with van der Waals surface area (Å²) in [7, 11) is 0. The third-order valence-corrected chi connectivity index (χ3v) is 2.62. The maximum atomic E-state index is 12.6. The number of rotatable bonds is 4. The molecule has 16 heavy (non-hydrogen) atoms. The zero-order chi connectivity index (χ0) is 12.5. The van der Waals surface area contributed by atoms with Gasteiger partial charge in [-0.05, 0) is 22.6 Å². The molecule has 0 aromatic carbocycles. The maximum absolute atomic E-state index is 12.6. The minimum absolute atomic E-state index is 0.231. The van der Waals surface area contributed by atoms with Crippen molar-refractivity contribution >= 4 is 28.6 Å². The van der Waals surface area contributed by atoms with Gasteiger partial charge in [-0.3, -0.25) is 0 Å². The number of halogens is 5. The Morgan fingerprint density at radius 3 is 2.50 bits per heavy atom. The molecule has 0 unspecified atom stereocenters. The second kappa shape index (κ2) is 4.51. The lowest BCUT2D eigenvalue weighted by molar-refractivity contribution is -0.139. The van der Waals surface area contributed by atoms with E-state index < -0.39 is 30.6 Å². The van der Waals surface area contributed by atoms with Crippen LogP contribution in [0.4, 0.5) is 17.6 Å². The summed E-state index contributed by atoms with van der Waals surface area (Å²) in [5.41, 5.74) is -0.550. The first-order valence-corrected chi connectivity index (χ1v) is 4.82. The smallest absolute Gasteiger partial charge is 0.359 e. The van der Waals surface area contributed by atoms with E-state index in [1.54, 1.807) is 0 Å². The summed E-state index contributed by atoms with van der Waals surface area (Å²) in [6.45, 7) is -1.41. The molecule has 1 rings (SSSR count). The number of hydrogen-bond donors (Lipinski definition) is 1. The lowest BCUT2D eigenvalue weighted by Crippen LogP contribution is -2.33. The van der Waals surface area contributed by atoms with Crippen LogP contribution < -0.4 is 0 Å². The molecule has 0 bridgehead atoms. The van der Waals surface area contributed by atoms with Gasteiger partial charge in [-0.1, -0.05) is 5.21 Å². The zero-order valence-electron chi connectivity index (χ0n) is 7.37. The predicted molar refractivity (Wildman–Crippen MR) is 50.6 cm³/mol. The van der Waals surface area contributed by atoms with Gasteiger partial charge in [0.05, 0.1) is 0 Å². The number of aromatic nitrogens is 3. The van der Waals surface area contributed by atoms with E-state index in [9.17, 15) is 22.4 Å². The van der Waals surface area contributed by atoms with E-state index in [-0.39, 0.29) is 3.70 Å². The molecule has 1 N–H and O–H groups in total. The fraction of sp³-hybridized carbons (Fsp3) is 0.500. The number of carbonyl (C=O) groups is 1. The molecule has 0 saturated heterocycles. The Morgan fingerprint density at radius 2 is 2.12 bits per heavy atom. The summed E-state index contributed by atoms with van der Waals surface area (Å²) in [6, 6.07) is 0. The summed E-state index contributed by atoms with van der Waals surface area (Å²) >= 11 is 1.39. The van der Waals surface area contributed by atoms with Crippen molar-refractivity contribution in [3.05, 3.63) is 9.39 Å². The highest BCUT2D eigenvalue weighted by atomic mass is 127. The number of hydrogen-bond acceptors (Lipinski definition) is 3. The first-order chi connectivity index (χ1) is 7.25. The first kappa shape index (κ1) is 13.1. The van der Waals surface area contributed by atoms with Crippen LogP contribution in [0, 0.1) is 3.70 Å². The second-order valence-corrected chi connectivity index (χ2v) is 3.78. The van der Waals surface area contributed by atoms with Gasteiger partial charge in [0.15, 0.2) is 0 Å². The number of carboxylic acids is 1. The lowest BCUT2D eigenvalue weighted by Gasteiger charge is -2.14. The number of nitrogens with zero attached hydrogens (tertiary/aromatic N) is 3. The van der Waals surface area contributed by atoms with E-state index >= 15 is 0 Å². The van der Waals surface area contributed by atoms with Gasteiger partial charge in [0.1, 0.15) is 10.2 Å². The van der Waals surface area contributed by atoms with Crippen LogP contribution in [0.2, 0.25) is 0 Å². The molecule has 0 radical (unpaired) electrons. The standard InChI is InChI=1S/C6H4F4IN3O2/c7-5(8)6(9,10)1-14-3(11)2(4(15)16)12-13-14/h5H,1H2,(H,15,16). The molecule has 0 amide bonds. The van der Waals surface area contributed by atoms with Gasteiger partial charge in [0.25, 0.3) is 0 Å². The van der Waals surface area contributed by atoms with Gasteiger partial charge >= 0.3 is 18.3 Å². The van der Waals surface area contributed by atoms with Gasteiger partial charge in [-0.2, -0.15) is 8.78 Å². The minimum atomic E-state index is -4.27. The number of aromatic carboxylic acids is 1. The highest BCUT2D eigenvalue weighted by Crippen LogP contribution is 2.25. The van der Waals surface area contributed by atoms with Gasteiger partial charge < -0.3 is 5.11 Å². The Kier molecular flexibility index (Phi) is 3.70. The molecule has 1 heterocycles. The molecule has 0 aliphatic rings. The molecule has 0 fully saturated rings. The molecule has 0 atom stereocenters. The number of carboxylic acid groups (broad SMARTS) is 1. The Morgan fingerprint density at radius 1 is 1.56 bits per heavy atom. The zero-order valence-corrected chi connectivity index (χ0v) is 9.53. The fourth-order valence-electron chi connectivity index (χ4n) is 0.802. The third kappa shape index (κ3) is 2.59. The normalized spacial score (nSPS) is 12.1. The van der Waals surface area contributed by atoms with Gasteiger partial charge in [-0.25, -0.2) is 18.3 Å². The predicted octanol–water partition coefficient (Wildman–Crippen LogP) is 1.48. The molecular weight excluding hydrogens is 349 g/mol. The Balaban J connectivity index is 2.95. The third-order valence-electron chi connectivity index (χ3n) is 1.56. The van der Waals surface area contributed by atoms with Crippen LogP contribution in [-0.2, 0) is 6.54 Å². The summed E-state index contributed by atoms with van der Waals surface area (Å²) in [5.74, 6) is -5.74. The Hall–Kier alpha value is -0.940. The average Bonchev–Trinajstić information content (AvgIpc) is 2.47. The first-order valence-electron chi connectivity index (χ1n) is 3.74. The SMILES string of the molecule is O=C(O)c1nnn(CC(F)(F)C(F)F)c1I. The molecule has 5 nitrogen and oxygen atoms in total. The molecule has 10 heteroatoms. The second-order valence-electron chi connectivity index (χ2n) is 2.75. The van der Waals surface area contributed by atoms with E-state index in [0.29, 0.717) is 4.68 Å². The fourth-order valence-corrected chi connectivity index (χ4v) is 1.41. The summed E-state index contributed by atoms with van der Waals surface area (Å²) < 4.78 is 49.2. The van der Waals surface area contributed by atoms with Crippen molar-refractivity contribution in [1.82, 2.24) is 15.0 Å². The molecular formula is C6H4F4IN3O2. The molecule has 0 aliphatic heterocycles. The van der Waals surface area contributed by atoms with E-state index in [4.69, 9.17) is 5.11 Å². The van der Waals surface area contributed by atoms with Crippen LogP contribution in [0.5, 0.6) is 0 Å². The quantitative estimate of drug-likeness (QED) is 0.658. The topological polar surface area (TPSA) is 68.0 Å². The molecule has 0 spiro atoms. The van der Waals surface area contributed by atoms with Crippen molar-refractivity contribution in [3.63, 3.8) is 0 Å². The van der Waals surface area contributed by atoms with E-state index in [0.717, 1.165) is 0 Å². The molecule has 0 saturated carbocycles. The van der Waals surface area contributed by atoms with Crippen LogP contribution >= 0.6 is 22.6 Å². The van der Waals surface area contributed by atoms with Gasteiger partial charge in [0.2, 0.25) is 5.69 Å². The van der Waals surface area contributed by atoms with Crippen LogP contribution in [0.25, 0.3) is 0 Å². The van der Waals surface area contributed by atoms with E-state index in [1.807, 2.05) is 0 Å². The Bertz CT molecular complexity index is 408. The highest BCUT2D eigenvalue weighted by Gasteiger charge is 2.42. The highest BCUT2D eigenvalue weighted by molar-refractivity contribution is 14.1. The van der Waals surface area contributed by atoms with Gasteiger partial charge in [-0.15, -0.1) is 5.10 Å². The minimum Gasteiger partial charge on any atom is -0.476 e. The largest absolute Gasteiger partial charge is 0.476 e. The molecule has 0 aliphatic carbocycles. The van der Waals surface area contributed by atoms with Crippen molar-refractivity contribution in [3.8, 4) is 0 Å². The van der Waals surface area contributed by atoms with Crippen molar-refractivity contribution in [2.75, 3.05) is 0 Å². The average molecular weight is 353 g/mol. The Labute approximate surface area is 99.6 Å². The van der Waals surface area contributed by atoms with Crippen LogP contribution in [0.15, 0.2) is 0 Å². The van der Waals surface area contributed by atoms with E-state index in [1.165, 1.54) is 22.6 Å². The maximum Gasteiger partial charge on any atom is 0.359 e. The number of alkyl halides is 4. The van der Waals surface area contributed by atoms with Crippen LogP contribution in [-0.4, -0.2) is 38.4 Å². The van der Waals surface area contributed by atoms with Crippen molar-refractivity contribution < 1.29 is 27.5 Å². The van der Waals surface area contributed by atoms with Crippen LogP contribution in [0.1, 0.15) is 10.5 Å².